The molecule has 154 valence electrons. The van der Waals surface area contributed by atoms with Crippen LogP contribution in [0.2, 0.25) is 0 Å². The molecule has 6 rings (SSSR count). The van der Waals surface area contributed by atoms with Crippen LogP contribution in [0.15, 0.2) is 30.3 Å². The molecule has 2 aromatic heterocycles. The molecule has 30 heavy (non-hydrogen) atoms. The Balaban J connectivity index is 1.21. The number of rotatable bonds is 6. The van der Waals surface area contributed by atoms with Gasteiger partial charge in [0.25, 0.3) is 0 Å². The highest BCUT2D eigenvalue weighted by atomic mass is 16.7. The molecule has 0 aliphatic carbocycles. The number of benzene rings is 2. The van der Waals surface area contributed by atoms with Gasteiger partial charge in [-0.15, -0.1) is 0 Å². The molecule has 1 saturated heterocycles. The summed E-state index contributed by atoms with van der Waals surface area (Å²) in [4.78, 5) is 10.7. The van der Waals surface area contributed by atoms with E-state index >= 15 is 0 Å². The number of imidazole rings is 1. The van der Waals surface area contributed by atoms with Crippen LogP contribution in [0.25, 0.3) is 33.5 Å². The summed E-state index contributed by atoms with van der Waals surface area (Å²) in [5.74, 6) is 2.21. The average Bonchev–Trinajstić information content (AvgIpc) is 3.55. The van der Waals surface area contributed by atoms with Gasteiger partial charge in [0.15, 0.2) is 17.3 Å². The highest BCUT2D eigenvalue weighted by molar-refractivity contribution is 5.95. The van der Waals surface area contributed by atoms with Crippen molar-refractivity contribution in [1.82, 2.24) is 25.1 Å². The number of aromatic nitrogens is 4. The molecule has 2 aliphatic heterocycles. The van der Waals surface area contributed by atoms with Crippen LogP contribution in [0.5, 0.6) is 11.5 Å². The third-order valence-electron chi connectivity index (χ3n) is 5.94. The molecule has 8 heteroatoms. The van der Waals surface area contributed by atoms with Gasteiger partial charge in [-0.1, -0.05) is 0 Å². The number of ether oxygens (including phenoxy) is 2. The number of H-pyrrole nitrogens is 2. The van der Waals surface area contributed by atoms with E-state index in [1.54, 1.807) is 0 Å². The lowest BCUT2D eigenvalue weighted by molar-refractivity contribution is 0.174. The first-order valence-corrected chi connectivity index (χ1v) is 10.6. The lowest BCUT2D eigenvalue weighted by Gasteiger charge is -2.14. The predicted octanol–water partition coefficient (Wildman–Crippen LogP) is 3.73. The van der Waals surface area contributed by atoms with Crippen LogP contribution < -0.4 is 14.8 Å². The van der Waals surface area contributed by atoms with E-state index in [0.717, 1.165) is 63.6 Å². The van der Waals surface area contributed by atoms with Crippen molar-refractivity contribution in [3.05, 3.63) is 30.3 Å². The van der Waals surface area contributed by atoms with E-state index in [4.69, 9.17) is 14.5 Å². The summed E-state index contributed by atoms with van der Waals surface area (Å²) in [5, 5.41) is 12.0. The highest BCUT2D eigenvalue weighted by Crippen LogP contribution is 2.38. The van der Waals surface area contributed by atoms with Crippen molar-refractivity contribution < 1.29 is 9.47 Å². The van der Waals surface area contributed by atoms with Crippen molar-refractivity contribution in [3.8, 4) is 23.0 Å². The first-order valence-electron chi connectivity index (χ1n) is 10.6. The van der Waals surface area contributed by atoms with E-state index in [2.05, 4.69) is 37.5 Å². The summed E-state index contributed by atoms with van der Waals surface area (Å²) >= 11 is 0. The van der Waals surface area contributed by atoms with Crippen molar-refractivity contribution in [3.63, 3.8) is 0 Å². The Morgan fingerprint density at radius 3 is 2.80 bits per heavy atom. The fourth-order valence-electron chi connectivity index (χ4n) is 4.36. The molecule has 2 aliphatic rings. The summed E-state index contributed by atoms with van der Waals surface area (Å²) < 4.78 is 11.0. The van der Waals surface area contributed by atoms with Gasteiger partial charge in [0.05, 0.1) is 16.6 Å². The third kappa shape index (κ3) is 3.13. The highest BCUT2D eigenvalue weighted by Gasteiger charge is 2.19. The molecule has 8 nitrogen and oxygen atoms in total. The molecular weight excluding hydrogens is 380 g/mol. The molecule has 4 heterocycles. The van der Waals surface area contributed by atoms with Crippen molar-refractivity contribution >= 4 is 27.6 Å². The van der Waals surface area contributed by atoms with Gasteiger partial charge >= 0.3 is 0 Å². The summed E-state index contributed by atoms with van der Waals surface area (Å²) in [6.07, 6.45) is 3.85. The van der Waals surface area contributed by atoms with Gasteiger partial charge in [0.1, 0.15) is 5.69 Å². The minimum Gasteiger partial charge on any atom is -0.454 e. The Bertz CT molecular complexity index is 1210. The second-order valence-electron chi connectivity index (χ2n) is 7.97. The van der Waals surface area contributed by atoms with Gasteiger partial charge in [-0.05, 0) is 63.2 Å². The maximum Gasteiger partial charge on any atom is 0.231 e. The van der Waals surface area contributed by atoms with Gasteiger partial charge in [0.2, 0.25) is 6.79 Å². The molecule has 0 atom stereocenters. The second-order valence-corrected chi connectivity index (χ2v) is 7.97. The zero-order valence-corrected chi connectivity index (χ0v) is 16.7. The smallest absolute Gasteiger partial charge is 0.231 e. The van der Waals surface area contributed by atoms with Crippen LogP contribution in [0.4, 0.5) is 5.69 Å². The van der Waals surface area contributed by atoms with Crippen LogP contribution in [-0.2, 0) is 0 Å². The quantitative estimate of drug-likeness (QED) is 0.424. The van der Waals surface area contributed by atoms with Crippen molar-refractivity contribution in [2.75, 3.05) is 38.3 Å². The summed E-state index contributed by atoms with van der Waals surface area (Å²) in [6, 6.07) is 10.1. The van der Waals surface area contributed by atoms with E-state index in [-0.39, 0.29) is 6.79 Å². The number of hydrogen-bond acceptors (Lipinski definition) is 6. The standard InChI is InChI=1S/C22H24N6O2/c1-2-8-28(7-1)9-3-6-23-14-4-5-16-18(10-14)25-22(24-16)21-15-11-19-20(30-13-29-19)12-17(15)26-27-21/h4-5,10-12,23H,1-3,6-9,13H2,(H,24,25)(H,26,27). The van der Waals surface area contributed by atoms with Crippen LogP contribution in [0.3, 0.4) is 0 Å². The topological polar surface area (TPSA) is 91.1 Å². The number of fused-ring (bicyclic) bond motifs is 3. The Morgan fingerprint density at radius 2 is 1.90 bits per heavy atom. The summed E-state index contributed by atoms with van der Waals surface area (Å²) in [6.45, 7) is 4.91. The molecule has 4 aromatic rings. The predicted molar refractivity (Wildman–Crippen MR) is 116 cm³/mol. The van der Waals surface area contributed by atoms with E-state index in [1.807, 2.05) is 18.2 Å². The van der Waals surface area contributed by atoms with Gasteiger partial charge in [-0.25, -0.2) is 4.98 Å². The van der Waals surface area contributed by atoms with E-state index < -0.39 is 0 Å². The maximum absolute atomic E-state index is 5.51. The molecule has 1 fully saturated rings. The molecular formula is C22H24N6O2. The Morgan fingerprint density at radius 1 is 1.03 bits per heavy atom. The van der Waals surface area contributed by atoms with E-state index in [1.165, 1.54) is 32.5 Å². The minimum atomic E-state index is 0.253. The largest absolute Gasteiger partial charge is 0.454 e. The number of hydrogen-bond donors (Lipinski definition) is 3. The number of aromatic amines is 2. The van der Waals surface area contributed by atoms with Crippen molar-refractivity contribution in [1.29, 1.82) is 0 Å². The van der Waals surface area contributed by atoms with E-state index in [0.29, 0.717) is 0 Å². The number of likely N-dealkylation sites (tertiary alicyclic amines) is 1. The van der Waals surface area contributed by atoms with Crippen LogP contribution in [-0.4, -0.2) is 58.0 Å². The monoisotopic (exact) mass is 404 g/mol. The lowest BCUT2D eigenvalue weighted by Crippen LogP contribution is -2.22. The molecule has 0 saturated carbocycles. The average molecular weight is 404 g/mol. The van der Waals surface area contributed by atoms with Gasteiger partial charge < -0.3 is 24.7 Å². The molecule has 3 N–H and O–H groups in total. The Labute approximate surface area is 173 Å². The Hall–Kier alpha value is -3.26. The van der Waals surface area contributed by atoms with Gasteiger partial charge in [0, 0.05) is 23.7 Å². The maximum atomic E-state index is 5.51. The zero-order valence-electron chi connectivity index (χ0n) is 16.7. The number of nitrogens with one attached hydrogen (secondary N) is 3. The molecule has 0 unspecified atom stereocenters. The number of anilines is 1. The van der Waals surface area contributed by atoms with Crippen LogP contribution in [0.1, 0.15) is 19.3 Å². The Kier molecular flexibility index (Phi) is 4.23. The van der Waals surface area contributed by atoms with Crippen molar-refractivity contribution in [2.45, 2.75) is 19.3 Å². The molecule has 0 bridgehead atoms. The molecule has 0 spiro atoms. The first-order chi connectivity index (χ1) is 14.8. The van der Waals surface area contributed by atoms with Crippen molar-refractivity contribution in [2.24, 2.45) is 0 Å². The van der Waals surface area contributed by atoms with Gasteiger partial charge in [-0.2, -0.15) is 5.10 Å². The van der Waals surface area contributed by atoms with Crippen LogP contribution >= 0.6 is 0 Å². The lowest BCUT2D eigenvalue weighted by atomic mass is 10.2. The van der Waals surface area contributed by atoms with Gasteiger partial charge in [-0.3, -0.25) is 5.10 Å². The first kappa shape index (κ1) is 17.6. The SMILES string of the molecule is c1cc2nc(-c3n[nH]c4cc5c(cc34)OCO5)[nH]c2cc1NCCCN1CCCC1. The second kappa shape index (κ2) is 7.21. The zero-order chi connectivity index (χ0) is 19.9. The molecule has 2 aromatic carbocycles. The summed E-state index contributed by atoms with van der Waals surface area (Å²) in [7, 11) is 0. The summed E-state index contributed by atoms with van der Waals surface area (Å²) in [5.41, 5.74) is 4.69. The van der Waals surface area contributed by atoms with Crippen LogP contribution in [0, 0.1) is 0 Å². The minimum absolute atomic E-state index is 0.253. The fraction of sp³-hybridized carbons (Fsp3) is 0.364. The normalized spacial score (nSPS) is 16.1. The molecule has 0 amide bonds. The third-order valence-corrected chi connectivity index (χ3v) is 5.94. The molecule has 0 radical (unpaired) electrons. The number of nitrogens with zero attached hydrogens (tertiary/aromatic N) is 3. The fourth-order valence-corrected chi connectivity index (χ4v) is 4.36. The van der Waals surface area contributed by atoms with E-state index in [9.17, 15) is 0 Å².